The van der Waals surface area contributed by atoms with Crippen molar-refractivity contribution in [2.45, 2.75) is 19.4 Å². The van der Waals surface area contributed by atoms with E-state index < -0.39 is 10.2 Å². The number of nitrogens with zero attached hydrogens (tertiary/aromatic N) is 5. The number of hydrogen-bond acceptors (Lipinski definition) is 6. The Morgan fingerprint density at radius 3 is 2.31 bits per heavy atom. The molecule has 0 saturated carbocycles. The summed E-state index contributed by atoms with van der Waals surface area (Å²) < 4.78 is 35.4. The van der Waals surface area contributed by atoms with Crippen LogP contribution in [0.2, 0.25) is 0 Å². The van der Waals surface area contributed by atoms with E-state index in [1.54, 1.807) is 22.8 Å². The molecule has 2 aliphatic heterocycles. The molecule has 2 aromatic rings. The van der Waals surface area contributed by atoms with Crippen LogP contribution in [0.1, 0.15) is 12.8 Å². The van der Waals surface area contributed by atoms with Crippen LogP contribution in [0.5, 0.6) is 0 Å². The van der Waals surface area contributed by atoms with Crippen molar-refractivity contribution < 1.29 is 13.2 Å². The topological polar surface area (TPSA) is 97.6 Å². The molecule has 2 fully saturated rings. The smallest absolute Gasteiger partial charge is 0.282 e. The number of rotatable bonds is 5. The van der Waals surface area contributed by atoms with Crippen LogP contribution in [0.4, 0.5) is 0 Å². The lowest BCUT2D eigenvalue weighted by Gasteiger charge is -2.36. The zero-order valence-electron chi connectivity index (χ0n) is 16.2. The van der Waals surface area contributed by atoms with Gasteiger partial charge in [0.15, 0.2) is 0 Å². The molecule has 0 radical (unpaired) electrons. The van der Waals surface area contributed by atoms with Crippen molar-refractivity contribution >= 4 is 10.2 Å². The van der Waals surface area contributed by atoms with E-state index in [1.807, 2.05) is 12.1 Å². The van der Waals surface area contributed by atoms with Crippen molar-refractivity contribution in [2.24, 2.45) is 5.92 Å². The molecule has 10 heteroatoms. The molecule has 0 aliphatic carbocycles. The highest BCUT2D eigenvalue weighted by molar-refractivity contribution is 7.86. The van der Waals surface area contributed by atoms with Gasteiger partial charge in [-0.2, -0.15) is 22.1 Å². The van der Waals surface area contributed by atoms with Crippen LogP contribution in [0.3, 0.4) is 0 Å². The van der Waals surface area contributed by atoms with E-state index >= 15 is 0 Å². The fourth-order valence-corrected chi connectivity index (χ4v) is 5.37. The second-order valence-electron chi connectivity index (χ2n) is 7.34. The van der Waals surface area contributed by atoms with E-state index in [9.17, 15) is 13.2 Å². The molecule has 0 N–H and O–H groups in total. The maximum atomic E-state index is 12.8. The van der Waals surface area contributed by atoms with E-state index in [4.69, 9.17) is 4.74 Å². The lowest BCUT2D eigenvalue weighted by atomic mass is 9.98. The zero-order chi connectivity index (χ0) is 20.3. The highest BCUT2D eigenvalue weighted by Crippen LogP contribution is 2.23. The molecule has 0 bridgehead atoms. The molecule has 0 amide bonds. The van der Waals surface area contributed by atoms with Gasteiger partial charge in [0.1, 0.15) is 0 Å². The van der Waals surface area contributed by atoms with Gasteiger partial charge in [0.05, 0.1) is 18.9 Å². The summed E-state index contributed by atoms with van der Waals surface area (Å²) in [6, 6.07) is 6.95. The van der Waals surface area contributed by atoms with Crippen molar-refractivity contribution in [3.05, 3.63) is 47.0 Å². The summed E-state index contributed by atoms with van der Waals surface area (Å²) in [6.45, 7) is 3.11. The van der Waals surface area contributed by atoms with Crippen molar-refractivity contribution in [2.75, 3.05) is 39.4 Å². The van der Waals surface area contributed by atoms with Gasteiger partial charge in [-0.1, -0.05) is 0 Å². The Kier molecular flexibility index (Phi) is 6.04. The van der Waals surface area contributed by atoms with Crippen molar-refractivity contribution in [3.63, 3.8) is 0 Å². The van der Waals surface area contributed by atoms with Crippen LogP contribution in [0.15, 0.2) is 41.5 Å². The van der Waals surface area contributed by atoms with Crippen molar-refractivity contribution in [1.82, 2.24) is 23.4 Å². The molecule has 0 aromatic carbocycles. The first-order chi connectivity index (χ1) is 14.0. The average Bonchev–Trinajstić information content (AvgIpc) is 2.77. The monoisotopic (exact) mass is 419 g/mol. The Labute approximate surface area is 170 Å². The average molecular weight is 420 g/mol. The largest absolute Gasteiger partial charge is 0.379 e. The molecule has 0 unspecified atom stereocenters. The third-order valence-electron chi connectivity index (χ3n) is 5.47. The molecule has 29 heavy (non-hydrogen) atoms. The van der Waals surface area contributed by atoms with E-state index in [-0.39, 0.29) is 11.5 Å². The van der Waals surface area contributed by atoms with Crippen molar-refractivity contribution in [3.8, 4) is 11.3 Å². The van der Waals surface area contributed by atoms with E-state index in [1.165, 1.54) is 15.1 Å². The first kappa shape index (κ1) is 20.1. The number of aromatic nitrogens is 3. The van der Waals surface area contributed by atoms with Gasteiger partial charge in [0.2, 0.25) is 0 Å². The van der Waals surface area contributed by atoms with E-state index in [2.05, 4.69) is 10.1 Å². The highest BCUT2D eigenvalue weighted by atomic mass is 32.2. The second-order valence-corrected chi connectivity index (χ2v) is 9.26. The minimum atomic E-state index is -3.44. The lowest BCUT2D eigenvalue weighted by molar-refractivity contribution is 0.0691. The fraction of sp³-hybridized carbons (Fsp3) is 0.526. The second kappa shape index (κ2) is 8.70. The van der Waals surface area contributed by atoms with Gasteiger partial charge in [-0.05, 0) is 37.0 Å². The van der Waals surface area contributed by atoms with Gasteiger partial charge in [-0.3, -0.25) is 9.78 Å². The molecule has 9 nitrogen and oxygen atoms in total. The number of morpholine rings is 1. The Morgan fingerprint density at radius 2 is 1.62 bits per heavy atom. The summed E-state index contributed by atoms with van der Waals surface area (Å²) in [5, 5.41) is 4.50. The first-order valence-electron chi connectivity index (χ1n) is 9.85. The zero-order valence-corrected chi connectivity index (χ0v) is 17.0. The Balaban J connectivity index is 1.40. The standard InChI is InChI=1S/C19H25N5O4S/c25-19-2-1-18(17-3-7-20-8-4-17)21-24(19)15-16-5-9-22(10-6-16)29(26,27)23-11-13-28-14-12-23/h1-4,7-8,16H,5-6,9-15H2. The number of ether oxygens (including phenoxy) is 1. The minimum absolute atomic E-state index is 0.147. The van der Waals surface area contributed by atoms with E-state index in [0.717, 1.165) is 11.3 Å². The normalized spacial score (nSPS) is 20.0. The summed E-state index contributed by atoms with van der Waals surface area (Å²) in [7, 11) is -3.44. The molecule has 2 saturated heterocycles. The molecule has 156 valence electrons. The van der Waals surface area contributed by atoms with Gasteiger partial charge in [0, 0.05) is 56.7 Å². The van der Waals surface area contributed by atoms with Crippen LogP contribution in [-0.4, -0.2) is 71.2 Å². The number of pyridine rings is 1. The first-order valence-corrected chi connectivity index (χ1v) is 11.3. The minimum Gasteiger partial charge on any atom is -0.379 e. The van der Waals surface area contributed by atoms with Crippen LogP contribution >= 0.6 is 0 Å². The van der Waals surface area contributed by atoms with E-state index in [0.29, 0.717) is 58.8 Å². The summed E-state index contributed by atoms with van der Waals surface area (Å²) in [5.41, 5.74) is 1.48. The van der Waals surface area contributed by atoms with Crippen LogP contribution in [0.25, 0.3) is 11.3 Å². The maximum absolute atomic E-state index is 12.8. The van der Waals surface area contributed by atoms with Gasteiger partial charge >= 0.3 is 0 Å². The molecular weight excluding hydrogens is 394 g/mol. The molecule has 2 aliphatic rings. The Bertz CT molecular complexity index is 981. The van der Waals surface area contributed by atoms with Crippen LogP contribution in [-0.2, 0) is 21.5 Å². The Morgan fingerprint density at radius 1 is 0.966 bits per heavy atom. The predicted octanol–water partition coefficient (Wildman–Crippen LogP) is 0.594. The quantitative estimate of drug-likeness (QED) is 0.704. The molecule has 0 spiro atoms. The van der Waals surface area contributed by atoms with Gasteiger partial charge < -0.3 is 4.74 Å². The number of piperidine rings is 1. The van der Waals surface area contributed by atoms with Gasteiger partial charge in [0.25, 0.3) is 15.8 Å². The summed E-state index contributed by atoms with van der Waals surface area (Å²) in [4.78, 5) is 16.3. The Hall–Kier alpha value is -2.14. The summed E-state index contributed by atoms with van der Waals surface area (Å²) >= 11 is 0. The third kappa shape index (κ3) is 4.55. The molecule has 4 rings (SSSR count). The van der Waals surface area contributed by atoms with Crippen molar-refractivity contribution in [1.29, 1.82) is 0 Å². The van der Waals surface area contributed by atoms with Gasteiger partial charge in [-0.25, -0.2) is 4.68 Å². The SMILES string of the molecule is O=c1ccc(-c2ccncc2)nn1CC1CCN(S(=O)(=O)N2CCOCC2)CC1. The van der Waals surface area contributed by atoms with Gasteiger partial charge in [-0.15, -0.1) is 0 Å². The van der Waals surface area contributed by atoms with Crippen LogP contribution in [0, 0.1) is 5.92 Å². The molecule has 0 atom stereocenters. The molecule has 2 aromatic heterocycles. The lowest BCUT2D eigenvalue weighted by Crippen LogP contribution is -2.51. The predicted molar refractivity (Wildman–Crippen MR) is 107 cm³/mol. The summed E-state index contributed by atoms with van der Waals surface area (Å²) in [6.07, 6.45) is 4.79. The molecule has 4 heterocycles. The highest BCUT2D eigenvalue weighted by Gasteiger charge is 2.33. The van der Waals surface area contributed by atoms with Crippen LogP contribution < -0.4 is 5.56 Å². The number of hydrogen-bond donors (Lipinski definition) is 0. The molecular formula is C19H25N5O4S. The summed E-state index contributed by atoms with van der Waals surface area (Å²) in [5.74, 6) is 0.212. The fourth-order valence-electron chi connectivity index (χ4n) is 3.76. The maximum Gasteiger partial charge on any atom is 0.282 e. The third-order valence-corrected chi connectivity index (χ3v) is 7.51.